The smallest absolute Gasteiger partial charge is 0.387 e. The first kappa shape index (κ1) is 34.2. The van der Waals surface area contributed by atoms with Crippen LogP contribution in [-0.4, -0.2) is 83.9 Å². The highest BCUT2D eigenvalue weighted by molar-refractivity contribution is 7.60. The van der Waals surface area contributed by atoms with Gasteiger partial charge < -0.3 is 34.5 Å². The van der Waals surface area contributed by atoms with Crippen LogP contribution >= 0.6 is 15.6 Å². The first-order valence-electron chi connectivity index (χ1n) is 12.3. The number of benzene rings is 1. The highest BCUT2D eigenvalue weighted by Gasteiger charge is 2.45. The van der Waals surface area contributed by atoms with Crippen LogP contribution in [0.1, 0.15) is 32.6 Å². The average molecular weight is 610 g/mol. The van der Waals surface area contributed by atoms with Crippen molar-refractivity contribution in [2.24, 2.45) is 0 Å². The zero-order valence-electron chi connectivity index (χ0n) is 22.2. The van der Waals surface area contributed by atoms with E-state index in [4.69, 9.17) is 19.4 Å². The van der Waals surface area contributed by atoms with Crippen LogP contribution in [-0.2, 0) is 34.1 Å². The van der Waals surface area contributed by atoms with Crippen molar-refractivity contribution in [3.8, 4) is 0 Å². The van der Waals surface area contributed by atoms with Crippen molar-refractivity contribution in [2.75, 3.05) is 31.7 Å². The summed E-state index contributed by atoms with van der Waals surface area (Å²) in [4.78, 5) is 50.2. The monoisotopic (exact) mass is 610 g/mol. The third kappa shape index (κ3) is 11.1. The second-order valence-electron chi connectivity index (χ2n) is 8.38. The van der Waals surface area contributed by atoms with Gasteiger partial charge in [0, 0.05) is 6.20 Å². The Balaban J connectivity index is 0.000000708. The highest BCUT2D eigenvalue weighted by Crippen LogP contribution is 2.57. The van der Waals surface area contributed by atoms with Crippen molar-refractivity contribution >= 4 is 21.5 Å². The number of hydrogen-bond acceptors (Lipinski definition) is 12. The number of aliphatic hydroxyl groups is 2. The number of nitrogens with one attached hydrogen (secondary N) is 1. The predicted octanol–water partition coefficient (Wildman–Crippen LogP) is 0.981. The number of anilines is 1. The zero-order chi connectivity index (χ0) is 29.9. The Bertz CT molecular complexity index is 1190. The molecule has 18 heteroatoms. The van der Waals surface area contributed by atoms with Crippen LogP contribution in [0.15, 0.2) is 47.4 Å². The minimum absolute atomic E-state index is 0.0657. The van der Waals surface area contributed by atoms with Crippen molar-refractivity contribution in [1.29, 1.82) is 0 Å². The molecule has 0 spiro atoms. The van der Waals surface area contributed by atoms with E-state index in [-0.39, 0.29) is 12.4 Å². The van der Waals surface area contributed by atoms with E-state index in [0.717, 1.165) is 10.1 Å². The van der Waals surface area contributed by atoms with Crippen LogP contribution in [0.4, 0.5) is 5.82 Å². The maximum Gasteiger partial charge on any atom is 0.481 e. The number of nitrogens with zero attached hydrogens (tertiary/aromatic N) is 3. The van der Waals surface area contributed by atoms with Crippen molar-refractivity contribution < 1.29 is 52.4 Å². The second-order valence-corrected chi connectivity index (χ2v) is 11.2. The minimum Gasteiger partial charge on any atom is -0.387 e. The van der Waals surface area contributed by atoms with E-state index in [0.29, 0.717) is 0 Å². The van der Waals surface area contributed by atoms with Crippen molar-refractivity contribution in [3.05, 3.63) is 58.6 Å². The maximum atomic E-state index is 12.4. The summed E-state index contributed by atoms with van der Waals surface area (Å²) in [5.41, 5.74) is 2.50. The van der Waals surface area contributed by atoms with Crippen molar-refractivity contribution in [3.63, 3.8) is 0 Å². The Kier molecular flexibility index (Phi) is 13.5. The molecule has 5 atom stereocenters. The Labute approximate surface area is 230 Å². The highest BCUT2D eigenvalue weighted by atomic mass is 31.3. The van der Waals surface area contributed by atoms with Crippen LogP contribution in [0.5, 0.6) is 0 Å². The lowest BCUT2D eigenvalue weighted by molar-refractivity contribution is -0.0541. The van der Waals surface area contributed by atoms with Gasteiger partial charge >= 0.3 is 21.3 Å². The number of aliphatic hydroxyl groups excluding tert-OH is 2. The van der Waals surface area contributed by atoms with E-state index in [1.807, 2.05) is 30.3 Å². The number of aromatic nitrogens is 2. The molecule has 0 saturated carbocycles. The fourth-order valence-corrected chi connectivity index (χ4v) is 5.12. The van der Waals surface area contributed by atoms with E-state index >= 15 is 0 Å². The van der Waals surface area contributed by atoms with Crippen LogP contribution in [0, 0.1) is 0 Å². The van der Waals surface area contributed by atoms with Crippen LogP contribution in [0.25, 0.3) is 0 Å². The van der Waals surface area contributed by atoms with Gasteiger partial charge in [-0.25, -0.2) is 19.4 Å². The molecule has 1 aromatic carbocycles. The third-order valence-corrected chi connectivity index (χ3v) is 7.80. The number of hydrogen-bond donors (Lipinski definition) is 6. The van der Waals surface area contributed by atoms with Gasteiger partial charge in [-0.15, -0.1) is 0 Å². The molecule has 1 fully saturated rings. The van der Waals surface area contributed by atoms with E-state index in [2.05, 4.69) is 45.0 Å². The average Bonchev–Trinajstić information content (AvgIpc) is 3.17. The molecule has 1 aliphatic heterocycles. The quantitative estimate of drug-likeness (QED) is 0.137. The number of ether oxygens (including phenoxy) is 1. The van der Waals surface area contributed by atoms with Gasteiger partial charge in [0.25, 0.3) is 0 Å². The summed E-state index contributed by atoms with van der Waals surface area (Å²) >= 11 is 0. The molecule has 0 aliphatic carbocycles. The molecule has 1 unspecified atom stereocenters. The van der Waals surface area contributed by atoms with Gasteiger partial charge in [0.05, 0.1) is 13.2 Å². The van der Waals surface area contributed by atoms with Crippen LogP contribution in [0.2, 0.25) is 0 Å². The van der Waals surface area contributed by atoms with E-state index in [1.165, 1.54) is 31.9 Å². The molecule has 226 valence electrons. The van der Waals surface area contributed by atoms with Crippen LogP contribution < -0.4 is 11.2 Å². The Morgan fingerprint density at radius 2 is 1.65 bits per heavy atom. The summed E-state index contributed by atoms with van der Waals surface area (Å²) in [6.07, 6.45) is -5.00. The summed E-state index contributed by atoms with van der Waals surface area (Å²) < 4.78 is 36.4. The standard InChI is InChI=1S/C16H21N3O12P2.C6H15N/c20-13-11(9-29-33(26,27)31-32(23,24)25)30-15(14(13)21)19-7-6-12(17-16(19)22)18-28-8-10-4-2-1-3-5-10;1-4-7(5-2)6-3/h1-7,11,13-15,20-21H,8-9H2,(H,26,27)(H,17,18,22)(H2,23,24,25);4-6H2,1-3H3/t11-,13-,14-,15-;/m1./s1. The fourth-order valence-electron chi connectivity index (χ4n) is 3.52. The van der Waals surface area contributed by atoms with Crippen LogP contribution in [0.3, 0.4) is 0 Å². The molecule has 2 aromatic rings. The molecule has 1 aromatic heterocycles. The first-order chi connectivity index (χ1) is 18.8. The lowest BCUT2D eigenvalue weighted by atomic mass is 10.1. The van der Waals surface area contributed by atoms with Gasteiger partial charge in [-0.2, -0.15) is 9.29 Å². The lowest BCUT2D eigenvalue weighted by Gasteiger charge is -2.18. The van der Waals surface area contributed by atoms with Crippen molar-refractivity contribution in [1.82, 2.24) is 14.5 Å². The molecule has 3 rings (SSSR count). The molecule has 2 heterocycles. The van der Waals surface area contributed by atoms with E-state index < -0.39 is 52.5 Å². The van der Waals surface area contributed by atoms with Gasteiger partial charge in [-0.1, -0.05) is 51.1 Å². The van der Waals surface area contributed by atoms with Gasteiger partial charge in [-0.05, 0) is 31.3 Å². The number of phosphoric acid groups is 2. The molecule has 16 nitrogen and oxygen atoms in total. The molecule has 1 aliphatic rings. The Hall–Kier alpha value is -2.04. The van der Waals surface area contributed by atoms with E-state index in [9.17, 15) is 29.0 Å². The van der Waals surface area contributed by atoms with E-state index in [1.54, 1.807) is 0 Å². The minimum atomic E-state index is -5.33. The van der Waals surface area contributed by atoms with Gasteiger partial charge in [0.2, 0.25) is 0 Å². The fraction of sp³-hybridized carbons (Fsp3) is 0.545. The maximum absolute atomic E-state index is 12.4. The van der Waals surface area contributed by atoms with Crippen molar-refractivity contribution in [2.45, 2.75) is 51.9 Å². The Morgan fingerprint density at radius 3 is 2.17 bits per heavy atom. The Morgan fingerprint density at radius 1 is 1.02 bits per heavy atom. The van der Waals surface area contributed by atoms with Gasteiger partial charge in [0.1, 0.15) is 18.3 Å². The normalized spacial score (nSPS) is 22.4. The zero-order valence-corrected chi connectivity index (χ0v) is 24.0. The molecular formula is C22H36N4O12P2. The topological polar surface area (TPSA) is 222 Å². The molecule has 0 amide bonds. The number of phosphoric ester groups is 1. The molecular weight excluding hydrogens is 574 g/mol. The molecule has 0 bridgehead atoms. The summed E-state index contributed by atoms with van der Waals surface area (Å²) in [7, 11) is -10.5. The summed E-state index contributed by atoms with van der Waals surface area (Å²) in [5.74, 6) is 0.0657. The predicted molar refractivity (Wildman–Crippen MR) is 142 cm³/mol. The molecule has 40 heavy (non-hydrogen) atoms. The second kappa shape index (κ2) is 15.8. The summed E-state index contributed by atoms with van der Waals surface area (Å²) in [5, 5.41) is 20.3. The largest absolute Gasteiger partial charge is 0.481 e. The molecule has 0 radical (unpaired) electrons. The summed E-state index contributed by atoms with van der Waals surface area (Å²) in [6.45, 7) is 9.43. The van der Waals surface area contributed by atoms with Gasteiger partial charge in [0.15, 0.2) is 12.0 Å². The SMILES string of the molecule is CCN(CC)CC.O=c1nc(NOCc2ccccc2)ccn1[C@@H]1O[C@H](COP(=O)(O)OP(=O)(O)O)[C@@H](O)[C@H]1O. The third-order valence-electron chi connectivity index (χ3n) is 5.65. The molecule has 6 N–H and O–H groups in total. The van der Waals surface area contributed by atoms with Gasteiger partial charge in [-0.3, -0.25) is 13.9 Å². The first-order valence-corrected chi connectivity index (χ1v) is 15.3. The molecule has 1 saturated heterocycles. The lowest BCUT2D eigenvalue weighted by Crippen LogP contribution is -2.36. The summed E-state index contributed by atoms with van der Waals surface area (Å²) in [6, 6.07) is 10.5. The number of rotatable bonds is 13.